The van der Waals surface area contributed by atoms with Gasteiger partial charge in [-0.1, -0.05) is 19.1 Å². The number of aryl methyl sites for hydroxylation is 2. The first-order valence-corrected chi connectivity index (χ1v) is 12.1. The molecule has 0 saturated carbocycles. The number of nitrogens with one attached hydrogen (secondary N) is 2. The van der Waals surface area contributed by atoms with Crippen LogP contribution in [0.3, 0.4) is 0 Å². The predicted molar refractivity (Wildman–Crippen MR) is 126 cm³/mol. The number of para-hydroxylation sites is 2. The van der Waals surface area contributed by atoms with Crippen molar-refractivity contribution in [3.05, 3.63) is 52.9 Å². The van der Waals surface area contributed by atoms with Crippen LogP contribution >= 0.6 is 0 Å². The number of carbonyl (C=O) groups excluding carboxylic acids is 1. The second-order valence-electron chi connectivity index (χ2n) is 7.29. The van der Waals surface area contributed by atoms with E-state index in [1.54, 1.807) is 21.3 Å². The zero-order valence-corrected chi connectivity index (χ0v) is 19.2. The van der Waals surface area contributed by atoms with Crippen LogP contribution in [-0.4, -0.2) is 36.3 Å². The Bertz CT molecular complexity index is 1280. The number of ether oxygens (including phenoxy) is 1. The lowest BCUT2D eigenvalue weighted by Crippen LogP contribution is -2.26. The number of hydrogen-bond acceptors (Lipinski definition) is 5. The van der Waals surface area contributed by atoms with Gasteiger partial charge in [-0.05, 0) is 37.6 Å². The first kappa shape index (κ1) is 23.4. The molecule has 1 amide bonds. The van der Waals surface area contributed by atoms with E-state index in [1.165, 1.54) is 20.1 Å². The number of carbonyl (C=O) groups is 1. The number of amides is 1. The molecule has 9 nitrogen and oxygen atoms in total. The van der Waals surface area contributed by atoms with Crippen molar-refractivity contribution in [1.82, 2.24) is 9.13 Å². The second kappa shape index (κ2) is 9.90. The number of rotatable bonds is 10. The standard InChI is InChI=1S/C22H28N4O5S/c1-4-13-25-18-8-6-7-9-19(18)26(22(25)28)14-12-21(27)23-16-10-11-17(20(15-16)31-3)24-32(29,30)5-2/h6-11,15,24H,4-5,12-14H2,1-3H3,(H,23,27). The highest BCUT2D eigenvalue weighted by molar-refractivity contribution is 7.92. The molecule has 0 unspecified atom stereocenters. The topological polar surface area (TPSA) is 111 Å². The molecule has 3 rings (SSSR count). The van der Waals surface area contributed by atoms with Gasteiger partial charge in [-0.15, -0.1) is 0 Å². The summed E-state index contributed by atoms with van der Waals surface area (Å²) < 4.78 is 34.7. The average molecular weight is 461 g/mol. The van der Waals surface area contributed by atoms with Crippen LogP contribution in [0.5, 0.6) is 5.75 Å². The van der Waals surface area contributed by atoms with Crippen molar-refractivity contribution in [2.24, 2.45) is 0 Å². The van der Waals surface area contributed by atoms with Crippen LogP contribution in [0.25, 0.3) is 11.0 Å². The Morgan fingerprint density at radius 3 is 2.28 bits per heavy atom. The fourth-order valence-corrected chi connectivity index (χ4v) is 4.11. The maximum atomic E-state index is 12.8. The Labute approximate surface area is 187 Å². The number of aromatic nitrogens is 2. The molecule has 10 heteroatoms. The number of nitrogens with zero attached hydrogens (tertiary/aromatic N) is 2. The van der Waals surface area contributed by atoms with E-state index in [4.69, 9.17) is 4.74 Å². The largest absolute Gasteiger partial charge is 0.494 e. The van der Waals surface area contributed by atoms with Gasteiger partial charge in [0.25, 0.3) is 0 Å². The summed E-state index contributed by atoms with van der Waals surface area (Å²) in [7, 11) is -2.04. The SMILES string of the molecule is CCCn1c(=O)n(CCC(=O)Nc2ccc(NS(=O)(=O)CC)c(OC)c2)c2ccccc21. The van der Waals surface area contributed by atoms with Gasteiger partial charge in [-0.25, -0.2) is 13.2 Å². The quantitative estimate of drug-likeness (QED) is 0.483. The molecular formula is C22H28N4O5S. The lowest BCUT2D eigenvalue weighted by molar-refractivity contribution is -0.116. The average Bonchev–Trinajstić information content (AvgIpc) is 3.04. The van der Waals surface area contributed by atoms with Crippen molar-refractivity contribution in [2.45, 2.75) is 39.8 Å². The third-order valence-corrected chi connectivity index (χ3v) is 6.36. The number of hydrogen-bond donors (Lipinski definition) is 2. The summed E-state index contributed by atoms with van der Waals surface area (Å²) >= 11 is 0. The highest BCUT2D eigenvalue weighted by Crippen LogP contribution is 2.29. The Kier molecular flexibility index (Phi) is 7.24. The van der Waals surface area contributed by atoms with Gasteiger partial charge in [0.05, 0.1) is 29.6 Å². The third-order valence-electron chi connectivity index (χ3n) is 5.07. The van der Waals surface area contributed by atoms with Crippen LogP contribution < -0.4 is 20.5 Å². The van der Waals surface area contributed by atoms with E-state index in [0.717, 1.165) is 17.5 Å². The van der Waals surface area contributed by atoms with Gasteiger partial charge >= 0.3 is 5.69 Å². The first-order valence-electron chi connectivity index (χ1n) is 10.5. The minimum atomic E-state index is -3.46. The number of sulfonamides is 1. The van der Waals surface area contributed by atoms with Gasteiger partial charge in [0.2, 0.25) is 15.9 Å². The summed E-state index contributed by atoms with van der Waals surface area (Å²) in [5, 5.41) is 2.77. The van der Waals surface area contributed by atoms with Crippen LogP contribution in [0.1, 0.15) is 26.7 Å². The Balaban J connectivity index is 1.73. The number of anilines is 2. The summed E-state index contributed by atoms with van der Waals surface area (Å²) in [6, 6.07) is 12.2. The summed E-state index contributed by atoms with van der Waals surface area (Å²) in [4.78, 5) is 25.4. The lowest BCUT2D eigenvalue weighted by atomic mass is 10.2. The van der Waals surface area contributed by atoms with Crippen LogP contribution in [0.15, 0.2) is 47.3 Å². The summed E-state index contributed by atoms with van der Waals surface area (Å²) in [6.45, 7) is 4.41. The second-order valence-corrected chi connectivity index (χ2v) is 9.30. The molecular weight excluding hydrogens is 432 g/mol. The minimum absolute atomic E-state index is 0.0668. The van der Waals surface area contributed by atoms with Gasteiger partial charge in [-0.2, -0.15) is 0 Å². The van der Waals surface area contributed by atoms with Crippen molar-refractivity contribution in [2.75, 3.05) is 22.9 Å². The van der Waals surface area contributed by atoms with Crippen molar-refractivity contribution < 1.29 is 17.9 Å². The van der Waals surface area contributed by atoms with Crippen molar-refractivity contribution in [3.63, 3.8) is 0 Å². The molecule has 32 heavy (non-hydrogen) atoms. The molecule has 0 saturated heterocycles. The van der Waals surface area contributed by atoms with E-state index in [2.05, 4.69) is 10.0 Å². The summed E-state index contributed by atoms with van der Waals surface area (Å²) in [5.74, 6) is -0.0466. The summed E-state index contributed by atoms with van der Waals surface area (Å²) in [5.41, 5.74) is 2.28. The van der Waals surface area contributed by atoms with Gasteiger partial charge in [0.15, 0.2) is 0 Å². The van der Waals surface area contributed by atoms with Crippen molar-refractivity contribution in [1.29, 1.82) is 0 Å². The fourth-order valence-electron chi connectivity index (χ4n) is 3.46. The van der Waals surface area contributed by atoms with E-state index in [-0.39, 0.29) is 30.3 Å². The van der Waals surface area contributed by atoms with Crippen LogP contribution in [0.2, 0.25) is 0 Å². The van der Waals surface area contributed by atoms with Crippen molar-refractivity contribution >= 4 is 38.3 Å². The summed E-state index contributed by atoms with van der Waals surface area (Å²) in [6.07, 6.45) is 0.938. The molecule has 2 N–H and O–H groups in total. The molecule has 0 aliphatic carbocycles. The van der Waals surface area contributed by atoms with Crippen LogP contribution in [-0.2, 0) is 27.9 Å². The Morgan fingerprint density at radius 1 is 1.03 bits per heavy atom. The van der Waals surface area contributed by atoms with Crippen molar-refractivity contribution in [3.8, 4) is 5.75 Å². The number of imidazole rings is 1. The van der Waals surface area contributed by atoms with E-state index in [1.807, 2.05) is 31.2 Å². The zero-order valence-electron chi connectivity index (χ0n) is 18.4. The molecule has 0 fully saturated rings. The zero-order chi connectivity index (χ0) is 23.3. The van der Waals surface area contributed by atoms with E-state index in [9.17, 15) is 18.0 Å². The molecule has 3 aromatic rings. The number of methoxy groups -OCH3 is 1. The molecule has 1 aromatic heterocycles. The third kappa shape index (κ3) is 5.13. The molecule has 0 aliphatic heterocycles. The van der Waals surface area contributed by atoms with E-state index >= 15 is 0 Å². The molecule has 0 atom stereocenters. The highest BCUT2D eigenvalue weighted by atomic mass is 32.2. The first-order chi connectivity index (χ1) is 15.3. The van der Waals surface area contributed by atoms with Gasteiger partial charge in [-0.3, -0.25) is 18.7 Å². The molecule has 0 aliphatic rings. The van der Waals surface area contributed by atoms with Gasteiger partial charge < -0.3 is 10.1 Å². The van der Waals surface area contributed by atoms with Gasteiger partial charge in [0, 0.05) is 31.3 Å². The maximum Gasteiger partial charge on any atom is 0.329 e. The molecule has 1 heterocycles. The fraction of sp³-hybridized carbons (Fsp3) is 0.364. The molecule has 172 valence electrons. The monoisotopic (exact) mass is 460 g/mol. The Hall–Kier alpha value is -3.27. The minimum Gasteiger partial charge on any atom is -0.494 e. The van der Waals surface area contributed by atoms with Crippen LogP contribution in [0, 0.1) is 0 Å². The van der Waals surface area contributed by atoms with E-state index in [0.29, 0.717) is 23.7 Å². The Morgan fingerprint density at radius 2 is 1.69 bits per heavy atom. The van der Waals surface area contributed by atoms with E-state index < -0.39 is 10.0 Å². The maximum absolute atomic E-state index is 12.8. The lowest BCUT2D eigenvalue weighted by Gasteiger charge is -2.13. The number of benzene rings is 2. The molecule has 2 aromatic carbocycles. The highest BCUT2D eigenvalue weighted by Gasteiger charge is 2.15. The molecule has 0 spiro atoms. The van der Waals surface area contributed by atoms with Crippen LogP contribution in [0.4, 0.5) is 11.4 Å². The predicted octanol–water partition coefficient (Wildman–Crippen LogP) is 3.01. The number of fused-ring (bicyclic) bond motifs is 1. The normalized spacial score (nSPS) is 11.5. The molecule has 0 bridgehead atoms. The smallest absolute Gasteiger partial charge is 0.329 e. The van der Waals surface area contributed by atoms with Gasteiger partial charge in [0.1, 0.15) is 5.75 Å². The molecule has 0 radical (unpaired) electrons.